The molecule has 0 spiro atoms. The van der Waals surface area contributed by atoms with Crippen LogP contribution in [0.25, 0.3) is 0 Å². The van der Waals surface area contributed by atoms with Crippen LogP contribution in [0.5, 0.6) is 0 Å². The lowest BCUT2D eigenvalue weighted by molar-refractivity contribution is 0.294. The van der Waals surface area contributed by atoms with E-state index in [9.17, 15) is 0 Å². The van der Waals surface area contributed by atoms with Crippen LogP contribution in [0, 0.1) is 5.92 Å². The summed E-state index contributed by atoms with van der Waals surface area (Å²) in [6, 6.07) is 8.54. The highest BCUT2D eigenvalue weighted by molar-refractivity contribution is 6.31. The van der Waals surface area contributed by atoms with Crippen LogP contribution in [-0.2, 0) is 0 Å². The lowest BCUT2D eigenvalue weighted by Crippen LogP contribution is -2.35. The molecule has 0 aromatic heterocycles. The number of halogens is 1. The van der Waals surface area contributed by atoms with Crippen LogP contribution in [0.15, 0.2) is 24.3 Å². The molecule has 0 radical (unpaired) electrons. The van der Waals surface area contributed by atoms with Gasteiger partial charge in [-0.05, 0) is 50.5 Å². The van der Waals surface area contributed by atoms with E-state index in [1.807, 2.05) is 19.2 Å². The van der Waals surface area contributed by atoms with E-state index in [-0.39, 0.29) is 0 Å². The molecule has 0 saturated carbocycles. The molecule has 0 amide bonds. The highest BCUT2D eigenvalue weighted by Crippen LogP contribution is 2.32. The lowest BCUT2D eigenvalue weighted by atomic mass is 9.86. The van der Waals surface area contributed by atoms with Crippen LogP contribution in [-0.4, -0.2) is 20.1 Å². The third kappa shape index (κ3) is 2.57. The maximum Gasteiger partial charge on any atom is 0.0453 e. The van der Waals surface area contributed by atoms with Gasteiger partial charge >= 0.3 is 0 Å². The van der Waals surface area contributed by atoms with E-state index in [1.54, 1.807) is 0 Å². The van der Waals surface area contributed by atoms with Gasteiger partial charge in [-0.25, -0.2) is 0 Å². The predicted molar refractivity (Wildman–Crippen MR) is 68.8 cm³/mol. The molecule has 1 atom stereocenters. The molecule has 1 aromatic rings. The van der Waals surface area contributed by atoms with Crippen molar-refractivity contribution >= 4 is 11.6 Å². The second-order valence-corrected chi connectivity index (χ2v) is 4.78. The topological polar surface area (TPSA) is 24.1 Å². The fraction of sp³-hybridized carbons (Fsp3) is 0.538. The zero-order valence-corrected chi connectivity index (χ0v) is 10.4. The molecular formula is C13H19ClN2. The SMILES string of the molecule is CNC(c1ccccc1Cl)C1CCNCC1. The summed E-state index contributed by atoms with van der Waals surface area (Å²) < 4.78 is 0. The van der Waals surface area contributed by atoms with Gasteiger partial charge in [0, 0.05) is 11.1 Å². The fourth-order valence-electron chi connectivity index (χ4n) is 2.55. The third-order valence-corrected chi connectivity index (χ3v) is 3.75. The highest BCUT2D eigenvalue weighted by atomic mass is 35.5. The van der Waals surface area contributed by atoms with Crippen LogP contribution in [0.4, 0.5) is 0 Å². The molecule has 1 aliphatic rings. The number of benzene rings is 1. The van der Waals surface area contributed by atoms with Crippen molar-refractivity contribution in [3.05, 3.63) is 34.9 Å². The van der Waals surface area contributed by atoms with Gasteiger partial charge in [0.1, 0.15) is 0 Å². The minimum Gasteiger partial charge on any atom is -0.317 e. The predicted octanol–water partition coefficient (Wildman–Crippen LogP) is 2.60. The Kier molecular flexibility index (Phi) is 4.22. The van der Waals surface area contributed by atoms with E-state index in [1.165, 1.54) is 18.4 Å². The molecule has 0 bridgehead atoms. The Bertz CT molecular complexity index is 334. The molecule has 1 fully saturated rings. The minimum absolute atomic E-state index is 0.385. The van der Waals surface area contributed by atoms with E-state index in [2.05, 4.69) is 22.8 Å². The van der Waals surface area contributed by atoms with Crippen molar-refractivity contribution in [1.82, 2.24) is 10.6 Å². The van der Waals surface area contributed by atoms with Gasteiger partial charge in [-0.15, -0.1) is 0 Å². The fourth-order valence-corrected chi connectivity index (χ4v) is 2.80. The number of nitrogens with one attached hydrogen (secondary N) is 2. The Morgan fingerprint density at radius 3 is 2.62 bits per heavy atom. The molecule has 1 unspecified atom stereocenters. The van der Waals surface area contributed by atoms with Crippen LogP contribution < -0.4 is 10.6 Å². The summed E-state index contributed by atoms with van der Waals surface area (Å²) in [7, 11) is 2.02. The molecule has 2 N–H and O–H groups in total. The maximum atomic E-state index is 6.26. The standard InChI is InChI=1S/C13H19ClN2/c1-15-13(10-6-8-16-9-7-10)11-4-2-3-5-12(11)14/h2-5,10,13,15-16H,6-9H2,1H3. The third-order valence-electron chi connectivity index (χ3n) is 3.41. The quantitative estimate of drug-likeness (QED) is 0.846. The first-order valence-corrected chi connectivity index (χ1v) is 6.33. The van der Waals surface area contributed by atoms with Gasteiger partial charge < -0.3 is 10.6 Å². The molecule has 2 rings (SSSR count). The Morgan fingerprint density at radius 2 is 2.00 bits per heavy atom. The van der Waals surface area contributed by atoms with Gasteiger partial charge in [-0.3, -0.25) is 0 Å². The molecule has 1 heterocycles. The second kappa shape index (κ2) is 5.67. The van der Waals surface area contributed by atoms with Gasteiger partial charge in [0.05, 0.1) is 0 Å². The van der Waals surface area contributed by atoms with E-state index >= 15 is 0 Å². The molecular weight excluding hydrogens is 220 g/mol. The van der Waals surface area contributed by atoms with Crippen LogP contribution in [0.2, 0.25) is 5.02 Å². The van der Waals surface area contributed by atoms with Crippen molar-refractivity contribution in [2.24, 2.45) is 5.92 Å². The zero-order chi connectivity index (χ0) is 11.4. The van der Waals surface area contributed by atoms with E-state index in [4.69, 9.17) is 11.6 Å². The van der Waals surface area contributed by atoms with E-state index in [0.29, 0.717) is 12.0 Å². The Balaban J connectivity index is 2.18. The molecule has 88 valence electrons. The van der Waals surface area contributed by atoms with Gasteiger partial charge in [0.2, 0.25) is 0 Å². The molecule has 2 nitrogen and oxygen atoms in total. The molecule has 0 aliphatic carbocycles. The molecule has 1 aliphatic heterocycles. The minimum atomic E-state index is 0.385. The van der Waals surface area contributed by atoms with Gasteiger partial charge in [0.15, 0.2) is 0 Å². The average Bonchev–Trinajstić information content (AvgIpc) is 2.34. The van der Waals surface area contributed by atoms with E-state index < -0.39 is 0 Å². The van der Waals surface area contributed by atoms with Gasteiger partial charge in [-0.2, -0.15) is 0 Å². The normalized spacial score (nSPS) is 19.6. The summed E-state index contributed by atoms with van der Waals surface area (Å²) in [5.74, 6) is 0.686. The summed E-state index contributed by atoms with van der Waals surface area (Å²) in [4.78, 5) is 0. The second-order valence-electron chi connectivity index (χ2n) is 4.38. The first-order valence-electron chi connectivity index (χ1n) is 5.95. The van der Waals surface area contributed by atoms with Crippen LogP contribution >= 0.6 is 11.6 Å². The van der Waals surface area contributed by atoms with Crippen molar-refractivity contribution in [3.63, 3.8) is 0 Å². The number of hydrogen-bond acceptors (Lipinski definition) is 2. The first-order chi connectivity index (χ1) is 7.83. The van der Waals surface area contributed by atoms with Crippen molar-refractivity contribution in [2.45, 2.75) is 18.9 Å². The smallest absolute Gasteiger partial charge is 0.0453 e. The Labute approximate surface area is 102 Å². The molecule has 3 heteroatoms. The lowest BCUT2D eigenvalue weighted by Gasteiger charge is -2.31. The largest absolute Gasteiger partial charge is 0.317 e. The van der Waals surface area contributed by atoms with E-state index in [0.717, 1.165) is 18.1 Å². The maximum absolute atomic E-state index is 6.26. The van der Waals surface area contributed by atoms with Gasteiger partial charge in [0.25, 0.3) is 0 Å². The number of hydrogen-bond donors (Lipinski definition) is 2. The Morgan fingerprint density at radius 1 is 1.31 bits per heavy atom. The highest BCUT2D eigenvalue weighted by Gasteiger charge is 2.24. The van der Waals surface area contributed by atoms with Crippen molar-refractivity contribution in [2.75, 3.05) is 20.1 Å². The zero-order valence-electron chi connectivity index (χ0n) is 9.67. The number of piperidine rings is 1. The summed E-state index contributed by atoms with van der Waals surface area (Å²) in [6.45, 7) is 2.24. The van der Waals surface area contributed by atoms with Crippen molar-refractivity contribution in [1.29, 1.82) is 0 Å². The van der Waals surface area contributed by atoms with Crippen molar-refractivity contribution in [3.8, 4) is 0 Å². The van der Waals surface area contributed by atoms with Crippen molar-refractivity contribution < 1.29 is 0 Å². The summed E-state index contributed by atoms with van der Waals surface area (Å²) >= 11 is 6.26. The summed E-state index contributed by atoms with van der Waals surface area (Å²) in [6.07, 6.45) is 2.44. The number of rotatable bonds is 3. The average molecular weight is 239 g/mol. The Hall–Kier alpha value is -0.570. The van der Waals surface area contributed by atoms with Crippen LogP contribution in [0.1, 0.15) is 24.4 Å². The summed E-state index contributed by atoms with van der Waals surface area (Å²) in [5.41, 5.74) is 1.23. The molecule has 1 saturated heterocycles. The summed E-state index contributed by atoms with van der Waals surface area (Å²) in [5, 5.41) is 7.69. The molecule has 1 aromatic carbocycles. The first kappa shape index (κ1) is 11.9. The van der Waals surface area contributed by atoms with Gasteiger partial charge in [-0.1, -0.05) is 29.8 Å². The monoisotopic (exact) mass is 238 g/mol. The van der Waals surface area contributed by atoms with Crippen LogP contribution in [0.3, 0.4) is 0 Å². The molecule has 16 heavy (non-hydrogen) atoms.